The molecule has 0 spiro atoms. The van der Waals surface area contributed by atoms with Crippen molar-refractivity contribution in [1.29, 1.82) is 0 Å². The maximum Gasteiger partial charge on any atom is 0.108 e. The van der Waals surface area contributed by atoms with Gasteiger partial charge in [-0.15, -0.1) is 12.0 Å². The predicted octanol–water partition coefficient (Wildman–Crippen LogP) is 1.75. The lowest BCUT2D eigenvalue weighted by molar-refractivity contribution is 0.701. The summed E-state index contributed by atoms with van der Waals surface area (Å²) in [6.45, 7) is 2.23. The molecular weight excluding hydrogens is 148 g/mol. The van der Waals surface area contributed by atoms with E-state index in [9.17, 15) is 0 Å². The van der Waals surface area contributed by atoms with Gasteiger partial charge in [0.15, 0.2) is 0 Å². The molecule has 0 saturated carbocycles. The smallest absolute Gasteiger partial charge is 0.108 e. The van der Waals surface area contributed by atoms with Crippen LogP contribution in [0.2, 0.25) is 6.04 Å². The van der Waals surface area contributed by atoms with Crippen molar-refractivity contribution in [3.8, 4) is 23.8 Å². The zero-order valence-corrected chi connectivity index (χ0v) is 8.73. The highest BCUT2D eigenvalue weighted by molar-refractivity contribution is 6.46. The summed E-state index contributed by atoms with van der Waals surface area (Å²) in [5.74, 6) is 5.02. The van der Waals surface area contributed by atoms with E-state index in [1.54, 1.807) is 0 Å². The number of terminal acetylenes is 1. The van der Waals surface area contributed by atoms with E-state index in [-0.39, 0.29) is 9.52 Å². The molecule has 0 aromatic carbocycles. The van der Waals surface area contributed by atoms with Gasteiger partial charge in [-0.25, -0.2) is 0 Å². The van der Waals surface area contributed by atoms with Gasteiger partial charge in [-0.2, -0.15) is 0 Å². The van der Waals surface area contributed by atoms with E-state index in [1.807, 2.05) is 0 Å². The molecule has 0 aliphatic heterocycles. The molecule has 60 valence electrons. The second-order valence-corrected chi connectivity index (χ2v) is 4.17. The Hall–Kier alpha value is -0.663. The minimum Gasteiger partial charge on any atom is -0.126 e. The first kappa shape index (κ1) is 10.3. The van der Waals surface area contributed by atoms with Gasteiger partial charge in [0.05, 0.1) is 0 Å². The molecule has 0 rings (SSSR count). The van der Waals surface area contributed by atoms with E-state index < -0.39 is 0 Å². The monoisotopic (exact) mass is 164 g/mol. The Balaban J connectivity index is 2.98. The van der Waals surface area contributed by atoms with Gasteiger partial charge in [0.1, 0.15) is 9.52 Å². The Morgan fingerprint density at radius 2 is 2.09 bits per heavy atom. The van der Waals surface area contributed by atoms with Gasteiger partial charge in [0, 0.05) is 0 Å². The molecule has 0 heterocycles. The van der Waals surface area contributed by atoms with Crippen molar-refractivity contribution in [3.05, 3.63) is 0 Å². The standard InChI is InChI=1S/C10H16Si/c1-3-5-7-8-10-11-9-6-4-2/h2H,3,5,7-8,10-11H2,1H3. The first-order valence-electron chi connectivity index (χ1n) is 4.35. The van der Waals surface area contributed by atoms with Gasteiger partial charge in [-0.1, -0.05) is 38.7 Å². The summed E-state index contributed by atoms with van der Waals surface area (Å²) in [7, 11) is -0.131. The Bertz CT molecular complexity index is 166. The molecular formula is C10H16Si. The van der Waals surface area contributed by atoms with Crippen molar-refractivity contribution in [2.45, 2.75) is 38.7 Å². The molecule has 0 aliphatic rings. The summed E-state index contributed by atoms with van der Waals surface area (Å²) in [5.41, 5.74) is 3.06. The summed E-state index contributed by atoms with van der Waals surface area (Å²) in [6.07, 6.45) is 10.4. The average molecular weight is 164 g/mol. The summed E-state index contributed by atoms with van der Waals surface area (Å²) in [6, 6.07) is 1.34. The van der Waals surface area contributed by atoms with E-state index >= 15 is 0 Å². The molecule has 0 nitrogen and oxygen atoms in total. The molecule has 0 amide bonds. The normalized spacial score (nSPS) is 9.09. The molecule has 0 aliphatic carbocycles. The number of hydrogen-bond acceptors (Lipinski definition) is 0. The van der Waals surface area contributed by atoms with Crippen molar-refractivity contribution in [2.75, 3.05) is 0 Å². The highest BCUT2D eigenvalue weighted by atomic mass is 28.2. The summed E-state index contributed by atoms with van der Waals surface area (Å²) in [5, 5.41) is 0. The van der Waals surface area contributed by atoms with Crippen molar-refractivity contribution in [1.82, 2.24) is 0 Å². The number of hydrogen-bond donors (Lipinski definition) is 0. The Morgan fingerprint density at radius 3 is 2.73 bits per heavy atom. The third-order valence-corrected chi connectivity index (χ3v) is 2.85. The first-order valence-corrected chi connectivity index (χ1v) is 6.06. The third-order valence-electron chi connectivity index (χ3n) is 1.57. The minimum atomic E-state index is -0.131. The fourth-order valence-electron chi connectivity index (χ4n) is 0.930. The zero-order chi connectivity index (χ0) is 8.36. The molecule has 11 heavy (non-hydrogen) atoms. The molecule has 0 saturated heterocycles. The van der Waals surface area contributed by atoms with Crippen LogP contribution < -0.4 is 0 Å². The Labute approximate surface area is 72.6 Å². The molecule has 0 aromatic heterocycles. The fraction of sp³-hybridized carbons (Fsp3) is 0.600. The van der Waals surface area contributed by atoms with Crippen LogP contribution in [0.5, 0.6) is 0 Å². The SMILES string of the molecule is C#CC#C[SiH2]CCCCCC. The average Bonchev–Trinajstić information content (AvgIpc) is 2.03. The van der Waals surface area contributed by atoms with Crippen molar-refractivity contribution >= 4 is 9.52 Å². The van der Waals surface area contributed by atoms with E-state index in [0.29, 0.717) is 0 Å². The Kier molecular flexibility index (Phi) is 8.77. The summed E-state index contributed by atoms with van der Waals surface area (Å²) in [4.78, 5) is 0. The number of unbranched alkanes of at least 4 members (excludes halogenated alkanes) is 3. The lowest BCUT2D eigenvalue weighted by Gasteiger charge is -1.93. The zero-order valence-electron chi connectivity index (χ0n) is 7.32. The van der Waals surface area contributed by atoms with E-state index in [2.05, 4.69) is 24.3 Å². The van der Waals surface area contributed by atoms with Gasteiger partial charge in [0.25, 0.3) is 0 Å². The predicted molar refractivity (Wildman–Crippen MR) is 54.1 cm³/mol. The van der Waals surface area contributed by atoms with Crippen LogP contribution in [0.4, 0.5) is 0 Å². The summed E-state index contributed by atoms with van der Waals surface area (Å²) < 4.78 is 0. The van der Waals surface area contributed by atoms with Crippen LogP contribution in [-0.4, -0.2) is 9.52 Å². The van der Waals surface area contributed by atoms with Gasteiger partial charge in [-0.05, 0) is 11.8 Å². The third kappa shape index (κ3) is 9.34. The molecule has 0 atom stereocenters. The highest BCUT2D eigenvalue weighted by Gasteiger charge is 1.86. The van der Waals surface area contributed by atoms with Crippen LogP contribution in [0.25, 0.3) is 0 Å². The Morgan fingerprint density at radius 1 is 1.27 bits per heavy atom. The van der Waals surface area contributed by atoms with E-state index in [1.165, 1.54) is 31.7 Å². The van der Waals surface area contributed by atoms with Crippen molar-refractivity contribution in [2.24, 2.45) is 0 Å². The summed E-state index contributed by atoms with van der Waals surface area (Å²) >= 11 is 0. The van der Waals surface area contributed by atoms with E-state index in [4.69, 9.17) is 6.42 Å². The van der Waals surface area contributed by atoms with Crippen LogP contribution >= 0.6 is 0 Å². The highest BCUT2D eigenvalue weighted by Crippen LogP contribution is 2.01. The lowest BCUT2D eigenvalue weighted by Crippen LogP contribution is -1.84. The minimum absolute atomic E-state index is 0.131. The topological polar surface area (TPSA) is 0 Å². The number of rotatable bonds is 5. The van der Waals surface area contributed by atoms with Crippen LogP contribution in [0, 0.1) is 23.8 Å². The molecule has 0 unspecified atom stereocenters. The molecule has 0 fully saturated rings. The second-order valence-electron chi connectivity index (χ2n) is 2.61. The van der Waals surface area contributed by atoms with Crippen LogP contribution in [0.3, 0.4) is 0 Å². The van der Waals surface area contributed by atoms with Crippen LogP contribution in [0.1, 0.15) is 32.6 Å². The molecule has 0 aromatic rings. The van der Waals surface area contributed by atoms with Crippen molar-refractivity contribution in [3.63, 3.8) is 0 Å². The lowest BCUT2D eigenvalue weighted by atomic mass is 10.2. The van der Waals surface area contributed by atoms with E-state index in [0.717, 1.165) is 0 Å². The van der Waals surface area contributed by atoms with Gasteiger partial charge in [0.2, 0.25) is 0 Å². The van der Waals surface area contributed by atoms with Gasteiger partial charge < -0.3 is 0 Å². The first-order chi connectivity index (χ1) is 5.41. The molecule has 1 heteroatoms. The molecule has 0 bridgehead atoms. The fourth-order valence-corrected chi connectivity index (χ4v) is 1.94. The van der Waals surface area contributed by atoms with Crippen LogP contribution in [-0.2, 0) is 0 Å². The maximum absolute atomic E-state index is 4.99. The second kappa shape index (κ2) is 9.34. The molecule has 0 radical (unpaired) electrons. The van der Waals surface area contributed by atoms with Crippen LogP contribution in [0.15, 0.2) is 0 Å². The van der Waals surface area contributed by atoms with Gasteiger partial charge >= 0.3 is 0 Å². The quantitative estimate of drug-likeness (QED) is 0.330. The van der Waals surface area contributed by atoms with Crippen molar-refractivity contribution < 1.29 is 0 Å². The largest absolute Gasteiger partial charge is 0.126 e. The maximum atomic E-state index is 4.99. The van der Waals surface area contributed by atoms with Gasteiger partial charge in [-0.3, -0.25) is 0 Å². The molecule has 0 N–H and O–H groups in total.